The summed E-state index contributed by atoms with van der Waals surface area (Å²) < 4.78 is 5.49. The molecule has 1 saturated heterocycles. The number of carboxylic acid groups (broad SMARTS) is 1. The molecule has 2 N–H and O–H groups in total. The maximum absolute atomic E-state index is 10.7. The molecule has 6 heteroatoms. The number of hydrogen-bond donors (Lipinski definition) is 2. The molecule has 0 unspecified atom stereocenters. The Hall–Kier alpha value is -1.63. The van der Waals surface area contributed by atoms with E-state index in [9.17, 15) is 9.90 Å². The zero-order valence-corrected chi connectivity index (χ0v) is 12.2. The first kappa shape index (κ1) is 15.8. The molecule has 0 spiro atoms. The Balaban J connectivity index is 1.73. The minimum atomic E-state index is -0.961. The molecule has 0 saturated carbocycles. The number of likely N-dealkylation sites (N-methyl/N-ethyl adjacent to an activating group) is 1. The van der Waals surface area contributed by atoms with Crippen molar-refractivity contribution in [2.75, 3.05) is 46.4 Å². The van der Waals surface area contributed by atoms with Crippen LogP contribution in [0.25, 0.3) is 0 Å². The van der Waals surface area contributed by atoms with Crippen molar-refractivity contribution in [1.82, 2.24) is 9.80 Å². The molecule has 1 heterocycles. The zero-order valence-electron chi connectivity index (χ0n) is 12.2. The minimum Gasteiger partial charge on any atom is -0.491 e. The molecule has 0 aromatic heterocycles. The lowest BCUT2D eigenvalue weighted by Gasteiger charge is -2.33. The average Bonchev–Trinajstić information content (AvgIpc) is 2.48. The number of rotatable bonds is 6. The second-order valence-corrected chi connectivity index (χ2v) is 5.40. The molecule has 2 rings (SSSR count). The predicted molar refractivity (Wildman–Crippen MR) is 78.8 cm³/mol. The number of carboxylic acids is 1. The summed E-state index contributed by atoms with van der Waals surface area (Å²) >= 11 is 0. The van der Waals surface area contributed by atoms with E-state index in [4.69, 9.17) is 9.84 Å². The number of piperazine rings is 1. The number of aromatic carboxylic acids is 1. The number of benzene rings is 1. The molecule has 6 nitrogen and oxygen atoms in total. The van der Waals surface area contributed by atoms with Gasteiger partial charge in [0.1, 0.15) is 18.5 Å². The van der Waals surface area contributed by atoms with Crippen molar-refractivity contribution in [1.29, 1.82) is 0 Å². The van der Waals surface area contributed by atoms with Gasteiger partial charge in [0.25, 0.3) is 0 Å². The SMILES string of the molecule is CN1CCN(C[C@H](O)COc2ccc(C(=O)O)cc2)CC1. The lowest BCUT2D eigenvalue weighted by Crippen LogP contribution is -2.47. The Morgan fingerprint density at radius 2 is 1.86 bits per heavy atom. The highest BCUT2D eigenvalue weighted by atomic mass is 16.5. The first-order chi connectivity index (χ1) is 10.0. The van der Waals surface area contributed by atoms with Gasteiger partial charge in [-0.05, 0) is 31.3 Å². The topological polar surface area (TPSA) is 73.2 Å². The number of aliphatic hydroxyl groups excluding tert-OH is 1. The van der Waals surface area contributed by atoms with Crippen LogP contribution in [0.15, 0.2) is 24.3 Å². The summed E-state index contributed by atoms with van der Waals surface area (Å²) in [4.78, 5) is 15.2. The van der Waals surface area contributed by atoms with Gasteiger partial charge in [-0.1, -0.05) is 0 Å². The van der Waals surface area contributed by atoms with Crippen molar-refractivity contribution in [2.24, 2.45) is 0 Å². The smallest absolute Gasteiger partial charge is 0.335 e. The zero-order chi connectivity index (χ0) is 15.2. The van der Waals surface area contributed by atoms with Crippen molar-refractivity contribution >= 4 is 5.97 Å². The van der Waals surface area contributed by atoms with Crippen LogP contribution < -0.4 is 4.74 Å². The van der Waals surface area contributed by atoms with Gasteiger partial charge in [-0.15, -0.1) is 0 Å². The molecule has 1 aromatic rings. The molecular formula is C15H22N2O4. The largest absolute Gasteiger partial charge is 0.491 e. The molecule has 1 aliphatic heterocycles. The van der Waals surface area contributed by atoms with E-state index in [2.05, 4.69) is 16.8 Å². The fourth-order valence-corrected chi connectivity index (χ4v) is 2.27. The molecular weight excluding hydrogens is 272 g/mol. The number of ether oxygens (including phenoxy) is 1. The van der Waals surface area contributed by atoms with Gasteiger partial charge in [0.05, 0.1) is 5.56 Å². The van der Waals surface area contributed by atoms with E-state index in [1.54, 1.807) is 12.1 Å². The predicted octanol–water partition coefficient (Wildman–Crippen LogP) is 0.372. The van der Waals surface area contributed by atoms with E-state index in [-0.39, 0.29) is 12.2 Å². The molecule has 21 heavy (non-hydrogen) atoms. The molecule has 1 aliphatic rings. The van der Waals surface area contributed by atoms with E-state index < -0.39 is 12.1 Å². The highest BCUT2D eigenvalue weighted by Crippen LogP contribution is 2.12. The van der Waals surface area contributed by atoms with Gasteiger partial charge in [0, 0.05) is 32.7 Å². The van der Waals surface area contributed by atoms with E-state index in [1.807, 2.05) is 0 Å². The Morgan fingerprint density at radius 3 is 2.43 bits per heavy atom. The van der Waals surface area contributed by atoms with E-state index in [0.717, 1.165) is 26.2 Å². The average molecular weight is 294 g/mol. The first-order valence-electron chi connectivity index (χ1n) is 7.09. The van der Waals surface area contributed by atoms with Crippen LogP contribution in [0, 0.1) is 0 Å². The third-order valence-corrected chi connectivity index (χ3v) is 3.61. The summed E-state index contributed by atoms with van der Waals surface area (Å²) in [5.41, 5.74) is 0.223. The quantitative estimate of drug-likeness (QED) is 0.790. The summed E-state index contributed by atoms with van der Waals surface area (Å²) in [5.74, 6) is -0.394. The Labute approximate surface area is 124 Å². The van der Waals surface area contributed by atoms with Gasteiger partial charge in [-0.2, -0.15) is 0 Å². The minimum absolute atomic E-state index is 0.207. The molecule has 1 fully saturated rings. The fourth-order valence-electron chi connectivity index (χ4n) is 2.27. The van der Waals surface area contributed by atoms with Crippen molar-refractivity contribution in [3.8, 4) is 5.75 Å². The van der Waals surface area contributed by atoms with Crippen molar-refractivity contribution in [3.05, 3.63) is 29.8 Å². The van der Waals surface area contributed by atoms with Crippen molar-refractivity contribution in [3.63, 3.8) is 0 Å². The third-order valence-electron chi connectivity index (χ3n) is 3.61. The number of β-amino-alcohol motifs (C(OH)–C–C–N with tert-alkyl or cyclic N) is 1. The normalized spacial score (nSPS) is 18.4. The van der Waals surface area contributed by atoms with Crippen LogP contribution in [0.4, 0.5) is 0 Å². The standard InChI is InChI=1S/C15H22N2O4/c1-16-6-8-17(9-7-16)10-13(18)11-21-14-4-2-12(3-5-14)15(19)20/h2-5,13,18H,6-11H2,1H3,(H,19,20)/t13-/m0/s1. The maximum Gasteiger partial charge on any atom is 0.335 e. The monoisotopic (exact) mass is 294 g/mol. The van der Waals surface area contributed by atoms with Gasteiger partial charge in [-0.3, -0.25) is 4.90 Å². The van der Waals surface area contributed by atoms with Gasteiger partial charge in [-0.25, -0.2) is 4.79 Å². The third kappa shape index (κ3) is 5.00. The van der Waals surface area contributed by atoms with Gasteiger partial charge in [0.2, 0.25) is 0 Å². The van der Waals surface area contributed by atoms with Crippen LogP contribution in [0.5, 0.6) is 5.75 Å². The van der Waals surface area contributed by atoms with Crippen LogP contribution in [0.1, 0.15) is 10.4 Å². The van der Waals surface area contributed by atoms with Gasteiger partial charge >= 0.3 is 5.97 Å². The fraction of sp³-hybridized carbons (Fsp3) is 0.533. The molecule has 1 atom stereocenters. The first-order valence-corrected chi connectivity index (χ1v) is 7.09. The Kier molecular flexibility index (Phi) is 5.55. The Morgan fingerprint density at radius 1 is 1.24 bits per heavy atom. The lowest BCUT2D eigenvalue weighted by atomic mass is 10.2. The summed E-state index contributed by atoms with van der Waals surface area (Å²) in [6, 6.07) is 6.19. The molecule has 116 valence electrons. The van der Waals surface area contributed by atoms with Crippen molar-refractivity contribution < 1.29 is 19.7 Å². The molecule has 0 bridgehead atoms. The van der Waals surface area contributed by atoms with Crippen LogP contribution >= 0.6 is 0 Å². The number of carbonyl (C=O) groups is 1. The number of nitrogens with zero attached hydrogens (tertiary/aromatic N) is 2. The molecule has 0 amide bonds. The number of aliphatic hydroxyl groups is 1. The highest BCUT2D eigenvalue weighted by molar-refractivity contribution is 5.87. The van der Waals surface area contributed by atoms with Crippen LogP contribution in [-0.2, 0) is 0 Å². The van der Waals surface area contributed by atoms with Gasteiger partial charge < -0.3 is 19.8 Å². The number of hydrogen-bond acceptors (Lipinski definition) is 5. The highest BCUT2D eigenvalue weighted by Gasteiger charge is 2.17. The van der Waals surface area contributed by atoms with Crippen LogP contribution in [-0.4, -0.2) is 78.5 Å². The molecule has 0 radical (unpaired) electrons. The van der Waals surface area contributed by atoms with E-state index in [1.165, 1.54) is 12.1 Å². The van der Waals surface area contributed by atoms with Crippen molar-refractivity contribution in [2.45, 2.75) is 6.10 Å². The lowest BCUT2D eigenvalue weighted by molar-refractivity contribution is 0.0504. The second kappa shape index (κ2) is 7.40. The second-order valence-electron chi connectivity index (χ2n) is 5.40. The van der Waals surface area contributed by atoms with Crippen LogP contribution in [0.3, 0.4) is 0 Å². The summed E-state index contributed by atoms with van der Waals surface area (Å²) in [7, 11) is 2.09. The Bertz CT molecular complexity index is 455. The molecule has 1 aromatic carbocycles. The van der Waals surface area contributed by atoms with E-state index in [0.29, 0.717) is 12.3 Å². The maximum atomic E-state index is 10.7. The summed E-state index contributed by atoms with van der Waals surface area (Å²) in [5, 5.41) is 18.8. The van der Waals surface area contributed by atoms with E-state index >= 15 is 0 Å². The molecule has 0 aliphatic carbocycles. The van der Waals surface area contributed by atoms with Crippen LogP contribution in [0.2, 0.25) is 0 Å². The van der Waals surface area contributed by atoms with Gasteiger partial charge in [0.15, 0.2) is 0 Å². The summed E-state index contributed by atoms with van der Waals surface area (Å²) in [6.07, 6.45) is -0.549. The summed E-state index contributed by atoms with van der Waals surface area (Å²) in [6.45, 7) is 4.76.